The van der Waals surface area contributed by atoms with Crippen molar-refractivity contribution < 1.29 is 0 Å². The smallest absolute Gasteiger partial charge is 0.193 e. The highest BCUT2D eigenvalue weighted by Gasteiger charge is 2.28. The quantitative estimate of drug-likeness (QED) is 0.480. The van der Waals surface area contributed by atoms with Crippen LogP contribution in [0, 0.1) is 5.92 Å². The van der Waals surface area contributed by atoms with Gasteiger partial charge >= 0.3 is 0 Å². The topological polar surface area (TPSA) is 30.9 Å². The molecule has 1 aromatic rings. The van der Waals surface area contributed by atoms with Crippen LogP contribution in [-0.4, -0.2) is 62.1 Å². The summed E-state index contributed by atoms with van der Waals surface area (Å²) in [7, 11) is 1.92. The number of aliphatic imine (C=N–C) groups is 1. The number of guanidine groups is 1. The molecule has 0 aliphatic carbocycles. The van der Waals surface area contributed by atoms with Crippen molar-refractivity contribution in [3.63, 3.8) is 0 Å². The van der Waals surface area contributed by atoms with E-state index in [9.17, 15) is 0 Å². The van der Waals surface area contributed by atoms with Gasteiger partial charge in [0.2, 0.25) is 0 Å². The molecular formula is C22H36N4. The Morgan fingerprint density at radius 3 is 2.58 bits per heavy atom. The molecule has 4 heteroatoms. The van der Waals surface area contributed by atoms with Crippen molar-refractivity contribution in [2.75, 3.05) is 46.3 Å². The Kier molecular flexibility index (Phi) is 7.36. The van der Waals surface area contributed by atoms with Crippen molar-refractivity contribution in [2.45, 2.75) is 44.9 Å². The molecule has 2 heterocycles. The highest BCUT2D eigenvalue weighted by atomic mass is 15.3. The van der Waals surface area contributed by atoms with E-state index in [1.54, 1.807) is 0 Å². The maximum Gasteiger partial charge on any atom is 0.193 e. The van der Waals surface area contributed by atoms with Crippen LogP contribution >= 0.6 is 0 Å². The molecule has 0 radical (unpaired) electrons. The van der Waals surface area contributed by atoms with E-state index in [2.05, 4.69) is 57.4 Å². The fraction of sp³-hybridized carbons (Fsp3) is 0.682. The Morgan fingerprint density at radius 1 is 1.12 bits per heavy atom. The molecule has 3 rings (SSSR count). The Bertz CT molecular complexity index is 551. The number of piperidine rings is 1. The zero-order valence-corrected chi connectivity index (χ0v) is 16.7. The normalized spacial score (nSPS) is 24.8. The van der Waals surface area contributed by atoms with Gasteiger partial charge in [0.25, 0.3) is 0 Å². The van der Waals surface area contributed by atoms with Gasteiger partial charge in [-0.25, -0.2) is 0 Å². The standard InChI is InChI=1S/C22H36N4/c1-19-18-26(17-12-21(19)20-10-4-3-5-11-20)22(23-2)24-13-6-7-14-25-15-8-9-16-25/h3-5,10-11,19,21H,6-9,12-18H2,1-2H3,(H,23,24). The Balaban J connectivity index is 1.40. The minimum Gasteiger partial charge on any atom is -0.356 e. The first-order valence-corrected chi connectivity index (χ1v) is 10.5. The second-order valence-electron chi connectivity index (χ2n) is 7.96. The molecule has 2 saturated heterocycles. The molecular weight excluding hydrogens is 320 g/mol. The molecule has 4 nitrogen and oxygen atoms in total. The molecule has 26 heavy (non-hydrogen) atoms. The van der Waals surface area contributed by atoms with Crippen LogP contribution < -0.4 is 5.32 Å². The summed E-state index contributed by atoms with van der Waals surface area (Å²) in [5.74, 6) is 2.41. The van der Waals surface area contributed by atoms with Gasteiger partial charge < -0.3 is 15.1 Å². The number of nitrogens with zero attached hydrogens (tertiary/aromatic N) is 3. The Hall–Kier alpha value is -1.55. The highest BCUT2D eigenvalue weighted by Crippen LogP contribution is 2.32. The molecule has 2 unspecified atom stereocenters. The van der Waals surface area contributed by atoms with Crippen molar-refractivity contribution in [3.8, 4) is 0 Å². The van der Waals surface area contributed by atoms with Crippen molar-refractivity contribution in [2.24, 2.45) is 10.9 Å². The average molecular weight is 357 g/mol. The summed E-state index contributed by atoms with van der Waals surface area (Å²) in [4.78, 5) is 9.59. The molecule has 0 bridgehead atoms. The van der Waals surface area contributed by atoms with Gasteiger partial charge in [0.1, 0.15) is 0 Å². The van der Waals surface area contributed by atoms with Gasteiger partial charge in [0.05, 0.1) is 0 Å². The van der Waals surface area contributed by atoms with E-state index >= 15 is 0 Å². The molecule has 0 amide bonds. The van der Waals surface area contributed by atoms with Crippen LogP contribution in [0.2, 0.25) is 0 Å². The van der Waals surface area contributed by atoms with Crippen LogP contribution in [0.25, 0.3) is 0 Å². The predicted octanol–water partition coefficient (Wildman–Crippen LogP) is 3.56. The zero-order valence-electron chi connectivity index (χ0n) is 16.7. The number of rotatable bonds is 6. The number of unbranched alkanes of at least 4 members (excludes halogenated alkanes) is 1. The van der Waals surface area contributed by atoms with Gasteiger partial charge in [-0.1, -0.05) is 37.3 Å². The van der Waals surface area contributed by atoms with E-state index < -0.39 is 0 Å². The first-order valence-electron chi connectivity index (χ1n) is 10.5. The molecule has 2 fully saturated rings. The van der Waals surface area contributed by atoms with Gasteiger partial charge in [-0.3, -0.25) is 4.99 Å². The van der Waals surface area contributed by atoms with E-state index in [1.165, 1.54) is 57.3 Å². The lowest BCUT2D eigenvalue weighted by Gasteiger charge is -2.39. The number of benzene rings is 1. The van der Waals surface area contributed by atoms with E-state index in [-0.39, 0.29) is 0 Å². The van der Waals surface area contributed by atoms with Crippen molar-refractivity contribution in [1.29, 1.82) is 0 Å². The molecule has 1 aromatic carbocycles. The Morgan fingerprint density at radius 2 is 1.88 bits per heavy atom. The van der Waals surface area contributed by atoms with E-state index in [0.717, 1.165) is 25.6 Å². The maximum atomic E-state index is 4.54. The molecule has 2 atom stereocenters. The Labute approximate surface area is 159 Å². The molecule has 144 valence electrons. The lowest BCUT2D eigenvalue weighted by atomic mass is 9.82. The molecule has 2 aliphatic rings. The summed E-state index contributed by atoms with van der Waals surface area (Å²) in [6.45, 7) is 9.48. The molecule has 0 saturated carbocycles. The summed E-state index contributed by atoms with van der Waals surface area (Å²) < 4.78 is 0. The lowest BCUT2D eigenvalue weighted by molar-refractivity contribution is 0.234. The number of likely N-dealkylation sites (tertiary alicyclic amines) is 2. The minimum absolute atomic E-state index is 0.653. The molecule has 0 aromatic heterocycles. The molecule has 1 N–H and O–H groups in total. The van der Waals surface area contributed by atoms with Crippen LogP contribution in [0.5, 0.6) is 0 Å². The highest BCUT2D eigenvalue weighted by molar-refractivity contribution is 5.80. The fourth-order valence-electron chi connectivity index (χ4n) is 4.53. The third-order valence-corrected chi connectivity index (χ3v) is 6.03. The fourth-order valence-corrected chi connectivity index (χ4v) is 4.53. The lowest BCUT2D eigenvalue weighted by Crippen LogP contribution is -2.48. The van der Waals surface area contributed by atoms with E-state index in [4.69, 9.17) is 0 Å². The average Bonchev–Trinajstić information content (AvgIpc) is 3.19. The van der Waals surface area contributed by atoms with Crippen LogP contribution in [0.4, 0.5) is 0 Å². The second-order valence-corrected chi connectivity index (χ2v) is 7.96. The third kappa shape index (κ3) is 5.23. The first-order chi connectivity index (χ1) is 12.8. The summed E-state index contributed by atoms with van der Waals surface area (Å²) in [6.07, 6.45) is 6.51. The number of hydrogen-bond acceptors (Lipinski definition) is 2. The van der Waals surface area contributed by atoms with Crippen molar-refractivity contribution in [1.82, 2.24) is 15.1 Å². The van der Waals surface area contributed by atoms with Crippen LogP contribution in [-0.2, 0) is 0 Å². The predicted molar refractivity (Wildman–Crippen MR) is 111 cm³/mol. The van der Waals surface area contributed by atoms with Gasteiger partial charge in [-0.05, 0) is 69.1 Å². The van der Waals surface area contributed by atoms with Crippen molar-refractivity contribution in [3.05, 3.63) is 35.9 Å². The summed E-state index contributed by atoms with van der Waals surface area (Å²) in [5, 5.41) is 3.60. The van der Waals surface area contributed by atoms with Gasteiger partial charge in [0, 0.05) is 26.7 Å². The van der Waals surface area contributed by atoms with Gasteiger partial charge in [-0.15, -0.1) is 0 Å². The van der Waals surface area contributed by atoms with Crippen LogP contribution in [0.3, 0.4) is 0 Å². The SMILES string of the molecule is CN=C(NCCCCN1CCCC1)N1CCC(c2ccccc2)C(C)C1. The van der Waals surface area contributed by atoms with E-state index in [0.29, 0.717) is 11.8 Å². The van der Waals surface area contributed by atoms with Gasteiger partial charge in [0.15, 0.2) is 5.96 Å². The monoisotopic (exact) mass is 356 g/mol. The minimum atomic E-state index is 0.653. The van der Waals surface area contributed by atoms with Crippen LogP contribution in [0.15, 0.2) is 35.3 Å². The number of hydrogen-bond donors (Lipinski definition) is 1. The summed E-state index contributed by atoms with van der Waals surface area (Å²) in [6, 6.07) is 11.0. The third-order valence-electron chi connectivity index (χ3n) is 6.03. The number of nitrogens with one attached hydrogen (secondary N) is 1. The van der Waals surface area contributed by atoms with Crippen molar-refractivity contribution >= 4 is 5.96 Å². The van der Waals surface area contributed by atoms with Crippen LogP contribution in [0.1, 0.15) is 50.5 Å². The molecule has 2 aliphatic heterocycles. The zero-order chi connectivity index (χ0) is 18.2. The summed E-state index contributed by atoms with van der Waals surface area (Å²) >= 11 is 0. The van der Waals surface area contributed by atoms with Gasteiger partial charge in [-0.2, -0.15) is 0 Å². The largest absolute Gasteiger partial charge is 0.356 e. The van der Waals surface area contributed by atoms with E-state index in [1.807, 2.05) is 7.05 Å². The maximum absolute atomic E-state index is 4.54. The summed E-state index contributed by atoms with van der Waals surface area (Å²) in [5.41, 5.74) is 1.49. The molecule has 0 spiro atoms. The second kappa shape index (κ2) is 9.96. The first kappa shape index (κ1) is 19.2.